The van der Waals surface area contributed by atoms with Crippen molar-refractivity contribution in [2.45, 2.75) is 26.4 Å². The Balaban J connectivity index is 1.74. The molecule has 1 amide bonds. The predicted octanol–water partition coefficient (Wildman–Crippen LogP) is 2.93. The molecule has 2 heterocycles. The molecule has 0 fully saturated rings. The van der Waals surface area contributed by atoms with Crippen LogP contribution in [0.2, 0.25) is 0 Å². The summed E-state index contributed by atoms with van der Waals surface area (Å²) in [5.41, 5.74) is 2.30. The molecular weight excluding hydrogens is 321 g/mol. The van der Waals surface area contributed by atoms with E-state index in [0.717, 1.165) is 16.8 Å². The highest BCUT2D eigenvalue weighted by atomic mass is 19.1. The number of halogens is 1. The molecule has 1 N–H and O–H groups in total. The zero-order chi connectivity index (χ0) is 18.0. The van der Waals surface area contributed by atoms with E-state index in [4.69, 9.17) is 0 Å². The van der Waals surface area contributed by atoms with Crippen LogP contribution in [-0.2, 0) is 13.6 Å². The van der Waals surface area contributed by atoms with Crippen LogP contribution in [0.25, 0.3) is 11.1 Å². The van der Waals surface area contributed by atoms with Crippen molar-refractivity contribution < 1.29 is 9.18 Å². The molecular formula is C18H20FN5O. The average molecular weight is 341 g/mol. The SMILES string of the molecule is CC(C)n1cnc(CNC(=O)c2cc(-c3cnn(C)c3)ccc2F)c1. The maximum atomic E-state index is 14.1. The predicted molar refractivity (Wildman–Crippen MR) is 92.4 cm³/mol. The number of carbonyl (C=O) groups excluding carboxylic acids is 1. The Morgan fingerprint density at radius 3 is 2.72 bits per heavy atom. The minimum Gasteiger partial charge on any atom is -0.346 e. The van der Waals surface area contributed by atoms with Gasteiger partial charge in [0.05, 0.1) is 30.3 Å². The number of carbonyl (C=O) groups is 1. The summed E-state index contributed by atoms with van der Waals surface area (Å²) < 4.78 is 17.7. The molecule has 0 aliphatic carbocycles. The normalized spacial score (nSPS) is 11.1. The summed E-state index contributed by atoms with van der Waals surface area (Å²) in [4.78, 5) is 16.6. The van der Waals surface area contributed by atoms with E-state index in [1.54, 1.807) is 30.3 Å². The molecule has 0 unspecified atom stereocenters. The van der Waals surface area contributed by atoms with Gasteiger partial charge in [-0.15, -0.1) is 0 Å². The Hall–Kier alpha value is -2.96. The van der Waals surface area contributed by atoms with Crippen LogP contribution in [-0.4, -0.2) is 25.2 Å². The maximum absolute atomic E-state index is 14.1. The number of amides is 1. The van der Waals surface area contributed by atoms with E-state index in [-0.39, 0.29) is 12.1 Å². The monoisotopic (exact) mass is 341 g/mol. The number of aryl methyl sites for hydroxylation is 1. The van der Waals surface area contributed by atoms with Gasteiger partial charge in [-0.05, 0) is 31.5 Å². The Bertz CT molecular complexity index is 897. The van der Waals surface area contributed by atoms with Crippen LogP contribution in [0.3, 0.4) is 0 Å². The molecule has 0 saturated heterocycles. The van der Waals surface area contributed by atoms with Gasteiger partial charge in [0, 0.05) is 31.0 Å². The molecule has 1 aromatic carbocycles. The minimum atomic E-state index is -0.558. The highest BCUT2D eigenvalue weighted by molar-refractivity contribution is 5.95. The van der Waals surface area contributed by atoms with Gasteiger partial charge in [-0.3, -0.25) is 9.48 Å². The topological polar surface area (TPSA) is 64.7 Å². The van der Waals surface area contributed by atoms with Crippen molar-refractivity contribution in [3.05, 3.63) is 60.2 Å². The van der Waals surface area contributed by atoms with Crippen LogP contribution in [0.1, 0.15) is 35.9 Å². The van der Waals surface area contributed by atoms with Gasteiger partial charge in [-0.2, -0.15) is 5.10 Å². The minimum absolute atomic E-state index is 0.00430. The van der Waals surface area contributed by atoms with E-state index < -0.39 is 11.7 Å². The second-order valence-corrected chi connectivity index (χ2v) is 6.19. The number of benzene rings is 1. The van der Waals surface area contributed by atoms with E-state index in [1.165, 1.54) is 12.1 Å². The smallest absolute Gasteiger partial charge is 0.254 e. The lowest BCUT2D eigenvalue weighted by Crippen LogP contribution is -2.24. The number of aromatic nitrogens is 4. The summed E-state index contributed by atoms with van der Waals surface area (Å²) in [5, 5.41) is 6.81. The highest BCUT2D eigenvalue weighted by Gasteiger charge is 2.14. The fourth-order valence-corrected chi connectivity index (χ4v) is 2.47. The Labute approximate surface area is 145 Å². The molecule has 2 aromatic heterocycles. The van der Waals surface area contributed by atoms with Crippen LogP contribution >= 0.6 is 0 Å². The van der Waals surface area contributed by atoms with E-state index in [2.05, 4.69) is 15.4 Å². The highest BCUT2D eigenvalue weighted by Crippen LogP contribution is 2.21. The molecule has 0 aliphatic rings. The molecule has 0 spiro atoms. The van der Waals surface area contributed by atoms with E-state index in [9.17, 15) is 9.18 Å². The van der Waals surface area contributed by atoms with Gasteiger partial charge >= 0.3 is 0 Å². The number of imidazole rings is 1. The number of nitrogens with zero attached hydrogens (tertiary/aromatic N) is 4. The first-order valence-electron chi connectivity index (χ1n) is 8.03. The zero-order valence-electron chi connectivity index (χ0n) is 14.4. The van der Waals surface area contributed by atoms with Crippen molar-refractivity contribution in [1.29, 1.82) is 0 Å². The first-order valence-corrected chi connectivity index (χ1v) is 8.03. The second kappa shape index (κ2) is 6.88. The third-order valence-corrected chi connectivity index (χ3v) is 3.93. The van der Waals surface area contributed by atoms with Crippen LogP contribution in [0.15, 0.2) is 43.1 Å². The molecule has 0 saturated carbocycles. The van der Waals surface area contributed by atoms with Crippen molar-refractivity contribution in [1.82, 2.24) is 24.6 Å². The van der Waals surface area contributed by atoms with Crippen molar-refractivity contribution in [3.63, 3.8) is 0 Å². The van der Waals surface area contributed by atoms with Crippen LogP contribution in [0.4, 0.5) is 4.39 Å². The molecule has 0 radical (unpaired) electrons. The summed E-state index contributed by atoms with van der Waals surface area (Å²) in [6.07, 6.45) is 7.07. The molecule has 7 heteroatoms. The van der Waals surface area contributed by atoms with E-state index >= 15 is 0 Å². The largest absolute Gasteiger partial charge is 0.346 e. The van der Waals surface area contributed by atoms with Gasteiger partial charge in [-0.25, -0.2) is 9.37 Å². The molecule has 0 aliphatic heterocycles. The van der Waals surface area contributed by atoms with Crippen molar-refractivity contribution in [2.24, 2.45) is 7.05 Å². The van der Waals surface area contributed by atoms with E-state index in [0.29, 0.717) is 6.04 Å². The fraction of sp³-hybridized carbons (Fsp3) is 0.278. The van der Waals surface area contributed by atoms with Crippen LogP contribution < -0.4 is 5.32 Å². The lowest BCUT2D eigenvalue weighted by atomic mass is 10.1. The zero-order valence-corrected chi connectivity index (χ0v) is 14.4. The standard InChI is InChI=1S/C18H20FN5O/c1-12(2)24-10-15(21-11-24)8-20-18(25)16-6-13(4-5-17(16)19)14-7-22-23(3)9-14/h4-7,9-12H,8H2,1-3H3,(H,20,25). The third-order valence-electron chi connectivity index (χ3n) is 3.93. The Morgan fingerprint density at radius 1 is 1.28 bits per heavy atom. The summed E-state index contributed by atoms with van der Waals surface area (Å²) in [7, 11) is 1.80. The lowest BCUT2D eigenvalue weighted by Gasteiger charge is -2.07. The van der Waals surface area contributed by atoms with Crippen LogP contribution in [0.5, 0.6) is 0 Å². The van der Waals surface area contributed by atoms with Crippen molar-refractivity contribution in [2.75, 3.05) is 0 Å². The molecule has 0 atom stereocenters. The summed E-state index contributed by atoms with van der Waals surface area (Å²) in [6, 6.07) is 4.76. The molecule has 0 bridgehead atoms. The van der Waals surface area contributed by atoms with Gasteiger partial charge in [0.25, 0.3) is 5.91 Å². The molecule has 3 rings (SSSR count). The van der Waals surface area contributed by atoms with Crippen molar-refractivity contribution in [3.8, 4) is 11.1 Å². The molecule has 3 aromatic rings. The fourth-order valence-electron chi connectivity index (χ4n) is 2.47. The number of nitrogens with one attached hydrogen (secondary N) is 1. The first-order chi connectivity index (χ1) is 11.9. The number of hydrogen-bond acceptors (Lipinski definition) is 3. The van der Waals surface area contributed by atoms with Crippen LogP contribution in [0, 0.1) is 5.82 Å². The molecule has 6 nitrogen and oxygen atoms in total. The van der Waals surface area contributed by atoms with Gasteiger partial charge in [-0.1, -0.05) is 6.07 Å². The second-order valence-electron chi connectivity index (χ2n) is 6.19. The maximum Gasteiger partial charge on any atom is 0.254 e. The Kier molecular flexibility index (Phi) is 4.65. The van der Waals surface area contributed by atoms with Crippen molar-refractivity contribution >= 4 is 5.91 Å². The van der Waals surface area contributed by atoms with Gasteiger partial charge in [0.15, 0.2) is 0 Å². The molecule has 25 heavy (non-hydrogen) atoms. The van der Waals surface area contributed by atoms with E-state index in [1.807, 2.05) is 30.8 Å². The number of rotatable bonds is 5. The Morgan fingerprint density at radius 2 is 2.08 bits per heavy atom. The van der Waals surface area contributed by atoms with Gasteiger partial charge in [0.1, 0.15) is 5.82 Å². The summed E-state index contributed by atoms with van der Waals surface area (Å²) in [6.45, 7) is 4.34. The quantitative estimate of drug-likeness (QED) is 0.776. The lowest BCUT2D eigenvalue weighted by molar-refractivity contribution is 0.0946. The molecule has 130 valence electrons. The number of hydrogen-bond donors (Lipinski definition) is 1. The average Bonchev–Trinajstić information content (AvgIpc) is 3.22. The third kappa shape index (κ3) is 3.76. The summed E-state index contributed by atoms with van der Waals surface area (Å²) in [5.74, 6) is -1.03. The first kappa shape index (κ1) is 16.9. The van der Waals surface area contributed by atoms with Gasteiger partial charge < -0.3 is 9.88 Å². The summed E-state index contributed by atoms with van der Waals surface area (Å²) >= 11 is 0. The van der Waals surface area contributed by atoms with Gasteiger partial charge in [0.2, 0.25) is 0 Å².